The summed E-state index contributed by atoms with van der Waals surface area (Å²) in [6.45, 7) is 1.14. The third kappa shape index (κ3) is 15.8. The normalized spacial score (nSPS) is 21.8. The molecule has 0 heterocycles. The first-order valence-electron chi connectivity index (χ1n) is 13.5. The van der Waals surface area contributed by atoms with Crippen LogP contribution in [0.15, 0.2) is 12.2 Å². The maximum absolute atomic E-state index is 12.3. The molecule has 1 fully saturated rings. The van der Waals surface area contributed by atoms with Gasteiger partial charge in [0.15, 0.2) is 6.10 Å². The van der Waals surface area contributed by atoms with Crippen LogP contribution in [0.25, 0.3) is 0 Å². The first kappa shape index (κ1) is 34.5. The molecule has 38 heavy (non-hydrogen) atoms. The van der Waals surface area contributed by atoms with E-state index < -0.39 is 48.3 Å². The molecule has 1 aliphatic rings. The van der Waals surface area contributed by atoms with Crippen LogP contribution >= 0.6 is 0 Å². The fraction of sp³-hybridized carbons (Fsp3) is 0.840. The molecule has 0 aromatic carbocycles. The largest absolute Gasteiger partial charge is 0.457 e. The molecule has 0 aromatic heterocycles. The first-order valence-corrected chi connectivity index (χ1v) is 13.5. The highest BCUT2D eigenvalue weighted by Crippen LogP contribution is 2.38. The predicted octanol–water partition coefficient (Wildman–Crippen LogP) is 3.11. The summed E-state index contributed by atoms with van der Waals surface area (Å²) in [6.07, 6.45) is 10.4. The second-order valence-electron chi connectivity index (χ2n) is 9.75. The van der Waals surface area contributed by atoms with Gasteiger partial charge in [-0.2, -0.15) is 0 Å². The van der Waals surface area contributed by atoms with Crippen molar-refractivity contribution >= 4 is 11.8 Å². The number of esters is 1. The summed E-state index contributed by atoms with van der Waals surface area (Å²) < 4.78 is 5.07. The molecule has 1 rings (SSSR count). The average molecular weight is 551 g/mol. The van der Waals surface area contributed by atoms with Gasteiger partial charge in [0.2, 0.25) is 0 Å². The lowest BCUT2D eigenvalue weighted by molar-refractivity contribution is -0.506. The lowest BCUT2D eigenvalue weighted by atomic mass is 9.86. The SMILES string of the molecule is CCCCCCCC(=O)CC[C@@H]1[C@@H](C/C=C\CCCC(=O)OC(CON(O)O)CON(O)O)[C@@H](O)C[C@H]1O. The number of ketones is 1. The standard InChI is InChI=1S/C25H46N2O11/c1-2-3-4-5-8-11-19(28)14-15-22-21(23(29)16-24(22)30)12-9-6-7-10-13-25(31)38-20(17-36-26(32)33)18-37-27(34)35/h6,9,20-24,29-30,32-35H,2-5,7-8,10-18H2,1H3/b9-6-/t21-,22-,23+,24-/m1/s1. The van der Waals surface area contributed by atoms with Gasteiger partial charge in [-0.15, -0.1) is 0 Å². The van der Waals surface area contributed by atoms with Gasteiger partial charge in [0.05, 0.1) is 23.0 Å². The van der Waals surface area contributed by atoms with Crippen LogP contribution in [0.5, 0.6) is 0 Å². The molecule has 0 spiro atoms. The van der Waals surface area contributed by atoms with E-state index in [1.807, 2.05) is 12.2 Å². The molecule has 1 saturated carbocycles. The summed E-state index contributed by atoms with van der Waals surface area (Å²) >= 11 is 0. The van der Waals surface area contributed by atoms with Crippen molar-refractivity contribution < 1.29 is 55.0 Å². The van der Waals surface area contributed by atoms with E-state index in [0.717, 1.165) is 19.3 Å². The van der Waals surface area contributed by atoms with Gasteiger partial charge in [-0.05, 0) is 50.4 Å². The summed E-state index contributed by atoms with van der Waals surface area (Å²) in [6, 6.07) is 0. The van der Waals surface area contributed by atoms with Crippen molar-refractivity contribution in [1.82, 2.24) is 10.8 Å². The van der Waals surface area contributed by atoms with Gasteiger partial charge in [-0.25, -0.2) is 9.68 Å². The number of nitrogens with zero attached hydrogens (tertiary/aromatic N) is 2. The van der Waals surface area contributed by atoms with Gasteiger partial charge in [0.25, 0.3) is 0 Å². The average Bonchev–Trinajstić information content (AvgIpc) is 3.12. The molecule has 222 valence electrons. The Morgan fingerprint density at radius 1 is 0.842 bits per heavy atom. The third-order valence-corrected chi connectivity index (χ3v) is 6.71. The van der Waals surface area contributed by atoms with Crippen LogP contribution in [0, 0.1) is 11.8 Å². The van der Waals surface area contributed by atoms with Gasteiger partial charge in [-0.3, -0.25) is 30.4 Å². The second-order valence-corrected chi connectivity index (χ2v) is 9.75. The Bertz CT molecular complexity index is 666. The molecule has 13 nitrogen and oxygen atoms in total. The molecule has 0 aromatic rings. The Morgan fingerprint density at radius 3 is 2.11 bits per heavy atom. The number of aliphatic hydroxyl groups is 2. The van der Waals surface area contributed by atoms with Gasteiger partial charge in [-0.1, -0.05) is 44.8 Å². The van der Waals surface area contributed by atoms with Crippen molar-refractivity contribution in [1.29, 1.82) is 0 Å². The van der Waals surface area contributed by atoms with Crippen LogP contribution in [-0.4, -0.2) is 85.1 Å². The zero-order valence-electron chi connectivity index (χ0n) is 22.3. The summed E-state index contributed by atoms with van der Waals surface area (Å²) in [5.74, 6) is -0.659. The molecule has 0 aliphatic heterocycles. The molecule has 0 amide bonds. The number of unbranched alkanes of at least 4 members (excludes halogenated alkanes) is 5. The van der Waals surface area contributed by atoms with Gasteiger partial charge in [0.1, 0.15) is 19.0 Å². The Balaban J connectivity index is 2.35. The van der Waals surface area contributed by atoms with E-state index in [0.29, 0.717) is 44.9 Å². The Kier molecular flexibility index (Phi) is 18.5. The van der Waals surface area contributed by atoms with Crippen LogP contribution in [0.2, 0.25) is 0 Å². The van der Waals surface area contributed by atoms with E-state index in [9.17, 15) is 19.8 Å². The van der Waals surface area contributed by atoms with E-state index in [-0.39, 0.29) is 24.0 Å². The van der Waals surface area contributed by atoms with Crippen LogP contribution in [0.3, 0.4) is 0 Å². The molecule has 0 unspecified atom stereocenters. The van der Waals surface area contributed by atoms with Gasteiger partial charge in [0, 0.05) is 19.3 Å². The highest BCUT2D eigenvalue weighted by molar-refractivity contribution is 5.78. The topological polar surface area (TPSA) is 190 Å². The fourth-order valence-electron chi connectivity index (χ4n) is 4.68. The number of aliphatic hydroxyl groups excluding tert-OH is 2. The van der Waals surface area contributed by atoms with E-state index in [1.165, 1.54) is 12.8 Å². The third-order valence-electron chi connectivity index (χ3n) is 6.71. The molecule has 0 bridgehead atoms. The Labute approximate surface area is 223 Å². The van der Waals surface area contributed by atoms with E-state index in [1.54, 1.807) is 0 Å². The molecule has 6 N–H and O–H groups in total. The van der Waals surface area contributed by atoms with Crippen LogP contribution < -0.4 is 0 Å². The van der Waals surface area contributed by atoms with Gasteiger partial charge < -0.3 is 14.9 Å². The number of Topliss-reactive ketones (excluding diaryl/α,β-unsaturated/α-hetero) is 1. The second kappa shape index (κ2) is 20.4. The smallest absolute Gasteiger partial charge is 0.306 e. The van der Waals surface area contributed by atoms with E-state index in [2.05, 4.69) is 16.6 Å². The zero-order chi connectivity index (χ0) is 28.3. The summed E-state index contributed by atoms with van der Waals surface area (Å²) in [4.78, 5) is 33.0. The van der Waals surface area contributed by atoms with Crippen LogP contribution in [-0.2, 0) is 24.0 Å². The van der Waals surface area contributed by atoms with Crippen molar-refractivity contribution in [3.8, 4) is 0 Å². The predicted molar refractivity (Wildman–Crippen MR) is 131 cm³/mol. The molecule has 1 aliphatic carbocycles. The summed E-state index contributed by atoms with van der Waals surface area (Å²) in [7, 11) is 0. The molecular formula is C25H46N2O11. The van der Waals surface area contributed by atoms with Crippen LogP contribution in [0.1, 0.15) is 90.4 Å². The number of hydrogen-bond acceptors (Lipinski definition) is 13. The molecular weight excluding hydrogens is 504 g/mol. The number of carbonyl (C=O) groups is 2. The number of hydrogen-bond donors (Lipinski definition) is 6. The molecule has 4 atom stereocenters. The minimum absolute atomic E-state index is 0.0404. The first-order chi connectivity index (χ1) is 18.1. The van der Waals surface area contributed by atoms with Crippen molar-refractivity contribution in [3.05, 3.63) is 12.2 Å². The number of ether oxygens (including phenoxy) is 1. The summed E-state index contributed by atoms with van der Waals surface area (Å²) in [5.41, 5.74) is 0. The number of rotatable bonds is 22. The highest BCUT2D eigenvalue weighted by Gasteiger charge is 2.40. The minimum atomic E-state index is -1.14. The number of allylic oxidation sites excluding steroid dienone is 2. The Hall–Kier alpha value is -1.52. The maximum Gasteiger partial charge on any atom is 0.306 e. The van der Waals surface area contributed by atoms with Crippen molar-refractivity contribution in [3.63, 3.8) is 0 Å². The molecule has 0 radical (unpaired) electrons. The number of carbonyl (C=O) groups excluding carboxylic acids is 2. The highest BCUT2D eigenvalue weighted by atomic mass is 17.1. The monoisotopic (exact) mass is 550 g/mol. The molecule has 13 heteroatoms. The van der Waals surface area contributed by atoms with Gasteiger partial charge >= 0.3 is 5.97 Å². The van der Waals surface area contributed by atoms with Crippen molar-refractivity contribution in [2.45, 2.75) is 109 Å². The van der Waals surface area contributed by atoms with Crippen molar-refractivity contribution in [2.75, 3.05) is 13.2 Å². The van der Waals surface area contributed by atoms with Crippen LogP contribution in [0.4, 0.5) is 0 Å². The quantitative estimate of drug-likeness (QED) is 0.0499. The lowest BCUT2D eigenvalue weighted by Gasteiger charge is -2.22. The zero-order valence-corrected chi connectivity index (χ0v) is 22.3. The van der Waals surface area contributed by atoms with Crippen molar-refractivity contribution in [2.24, 2.45) is 11.8 Å². The maximum atomic E-state index is 12.3. The minimum Gasteiger partial charge on any atom is -0.457 e. The summed E-state index contributed by atoms with van der Waals surface area (Å²) in [5, 5.41) is 54.0. The van der Waals surface area contributed by atoms with E-state index >= 15 is 0 Å². The Morgan fingerprint density at radius 2 is 1.47 bits per heavy atom. The van der Waals surface area contributed by atoms with E-state index in [4.69, 9.17) is 25.6 Å². The lowest BCUT2D eigenvalue weighted by Crippen LogP contribution is -2.33. The molecule has 0 saturated heterocycles. The fourth-order valence-corrected chi connectivity index (χ4v) is 4.68.